The summed E-state index contributed by atoms with van der Waals surface area (Å²) < 4.78 is 4.88. The normalized spacial score (nSPS) is 14.9. The molecule has 15 heavy (non-hydrogen) atoms. The van der Waals surface area contributed by atoms with Gasteiger partial charge in [-0.1, -0.05) is 0 Å². The van der Waals surface area contributed by atoms with Crippen LogP contribution in [0.1, 0.15) is 41.5 Å². The van der Waals surface area contributed by atoms with Crippen molar-refractivity contribution in [2.75, 3.05) is 6.61 Å². The van der Waals surface area contributed by atoms with E-state index in [0.29, 0.717) is 6.61 Å². The fourth-order valence-corrected chi connectivity index (χ4v) is 1.04. The molecule has 0 aromatic carbocycles. The van der Waals surface area contributed by atoms with E-state index in [1.54, 1.807) is 27.7 Å². The molecule has 90 valence electrons. The van der Waals surface area contributed by atoms with Gasteiger partial charge in [0.1, 0.15) is 6.04 Å². The second-order valence-electron chi connectivity index (χ2n) is 4.80. The zero-order valence-corrected chi connectivity index (χ0v) is 10.5. The van der Waals surface area contributed by atoms with Crippen molar-refractivity contribution in [2.45, 2.75) is 58.7 Å². The first-order valence-electron chi connectivity index (χ1n) is 5.28. The number of ether oxygens (including phenoxy) is 1. The van der Waals surface area contributed by atoms with Crippen LogP contribution in [0, 0.1) is 0 Å². The van der Waals surface area contributed by atoms with Gasteiger partial charge in [0.25, 0.3) is 0 Å². The maximum atomic E-state index is 11.4. The third kappa shape index (κ3) is 4.18. The highest BCUT2D eigenvalue weighted by Crippen LogP contribution is 2.21. The highest BCUT2D eigenvalue weighted by atomic mass is 16.5. The molecular formula is C11H23NO3. The summed E-state index contributed by atoms with van der Waals surface area (Å²) in [6, 6.07) is -0.425. The Bertz CT molecular complexity index is 218. The number of carbonyl (C=O) groups excluding carboxylic acids is 1. The average Bonchev–Trinajstić information content (AvgIpc) is 2.01. The molecule has 0 heterocycles. The second-order valence-corrected chi connectivity index (χ2v) is 4.80. The Balaban J connectivity index is 4.40. The summed E-state index contributed by atoms with van der Waals surface area (Å²) in [5, 5.41) is 12.9. The van der Waals surface area contributed by atoms with Gasteiger partial charge in [-0.05, 0) is 41.5 Å². The maximum Gasteiger partial charge on any atom is 0.322 e. The van der Waals surface area contributed by atoms with E-state index in [4.69, 9.17) is 4.74 Å². The highest BCUT2D eigenvalue weighted by molar-refractivity contribution is 5.75. The highest BCUT2D eigenvalue weighted by Gasteiger charge is 2.37. The van der Waals surface area contributed by atoms with Crippen LogP contribution in [0.5, 0.6) is 0 Å². The summed E-state index contributed by atoms with van der Waals surface area (Å²) in [4.78, 5) is 11.4. The Labute approximate surface area is 92.0 Å². The van der Waals surface area contributed by atoms with Crippen LogP contribution < -0.4 is 5.32 Å². The van der Waals surface area contributed by atoms with Crippen molar-refractivity contribution >= 4 is 5.97 Å². The van der Waals surface area contributed by atoms with Crippen LogP contribution in [0.3, 0.4) is 0 Å². The van der Waals surface area contributed by atoms with Crippen LogP contribution in [0.15, 0.2) is 0 Å². The van der Waals surface area contributed by atoms with Crippen molar-refractivity contribution in [1.29, 1.82) is 0 Å². The third-order valence-corrected chi connectivity index (χ3v) is 2.75. The lowest BCUT2D eigenvalue weighted by molar-refractivity contribution is -0.146. The molecule has 0 saturated carbocycles. The molecule has 0 rings (SSSR count). The van der Waals surface area contributed by atoms with Crippen LogP contribution in [-0.2, 0) is 9.53 Å². The number of carbonyl (C=O) groups is 1. The number of esters is 1. The second kappa shape index (κ2) is 4.94. The molecule has 0 radical (unpaired) electrons. The van der Waals surface area contributed by atoms with E-state index in [1.165, 1.54) is 0 Å². The summed E-state index contributed by atoms with van der Waals surface area (Å²) in [6.45, 7) is 11.0. The number of aliphatic hydroxyl groups is 1. The van der Waals surface area contributed by atoms with Gasteiger partial charge in [0, 0.05) is 5.54 Å². The van der Waals surface area contributed by atoms with Crippen molar-refractivity contribution < 1.29 is 14.6 Å². The molecule has 0 aliphatic heterocycles. The van der Waals surface area contributed by atoms with Gasteiger partial charge >= 0.3 is 5.97 Å². The summed E-state index contributed by atoms with van der Waals surface area (Å²) >= 11 is 0. The number of hydrogen-bond donors (Lipinski definition) is 2. The molecule has 4 heteroatoms. The molecule has 0 amide bonds. The minimum absolute atomic E-state index is 0.296. The first-order chi connectivity index (χ1) is 6.62. The molecule has 0 aromatic rings. The zero-order chi connectivity index (χ0) is 12.3. The topological polar surface area (TPSA) is 58.6 Å². The first kappa shape index (κ1) is 14.4. The Morgan fingerprint density at radius 3 is 2.20 bits per heavy atom. The van der Waals surface area contributed by atoms with Gasteiger partial charge in [0.15, 0.2) is 0 Å². The standard InChI is InChI=1S/C11H23NO3/c1-7-15-9(13)8(2)12-10(3,4)11(5,6)14/h8,12,14H,7H2,1-6H3. The third-order valence-electron chi connectivity index (χ3n) is 2.75. The van der Waals surface area contributed by atoms with Crippen molar-refractivity contribution in [3.63, 3.8) is 0 Å². The SMILES string of the molecule is CCOC(=O)C(C)NC(C)(C)C(C)(C)O. The van der Waals surface area contributed by atoms with E-state index in [9.17, 15) is 9.90 Å². The Kier molecular flexibility index (Phi) is 4.74. The first-order valence-corrected chi connectivity index (χ1v) is 5.28. The van der Waals surface area contributed by atoms with E-state index in [2.05, 4.69) is 5.32 Å². The van der Waals surface area contributed by atoms with Gasteiger partial charge < -0.3 is 9.84 Å². The van der Waals surface area contributed by atoms with Crippen LogP contribution in [0.25, 0.3) is 0 Å². The molecule has 0 fully saturated rings. The van der Waals surface area contributed by atoms with Gasteiger partial charge in [-0.3, -0.25) is 10.1 Å². The summed E-state index contributed by atoms with van der Waals surface area (Å²) in [7, 11) is 0. The van der Waals surface area contributed by atoms with Crippen LogP contribution in [0.4, 0.5) is 0 Å². The molecular weight excluding hydrogens is 194 g/mol. The van der Waals surface area contributed by atoms with Crippen molar-refractivity contribution in [2.24, 2.45) is 0 Å². The molecule has 0 spiro atoms. The van der Waals surface area contributed by atoms with E-state index < -0.39 is 17.2 Å². The number of hydrogen-bond acceptors (Lipinski definition) is 4. The monoisotopic (exact) mass is 217 g/mol. The minimum Gasteiger partial charge on any atom is -0.465 e. The Hall–Kier alpha value is -0.610. The summed E-state index contributed by atoms with van der Waals surface area (Å²) in [6.07, 6.45) is 0. The van der Waals surface area contributed by atoms with E-state index in [1.807, 2.05) is 13.8 Å². The minimum atomic E-state index is -0.909. The molecule has 0 aromatic heterocycles. The van der Waals surface area contributed by atoms with E-state index in [-0.39, 0.29) is 5.97 Å². The van der Waals surface area contributed by atoms with Crippen molar-refractivity contribution in [3.05, 3.63) is 0 Å². The van der Waals surface area contributed by atoms with Gasteiger partial charge in [-0.2, -0.15) is 0 Å². The van der Waals surface area contributed by atoms with Gasteiger partial charge in [-0.25, -0.2) is 0 Å². The lowest BCUT2D eigenvalue weighted by Crippen LogP contribution is -2.60. The molecule has 0 bridgehead atoms. The van der Waals surface area contributed by atoms with Gasteiger partial charge in [0.2, 0.25) is 0 Å². The lowest BCUT2D eigenvalue weighted by Gasteiger charge is -2.39. The largest absolute Gasteiger partial charge is 0.465 e. The predicted molar refractivity (Wildman–Crippen MR) is 59.6 cm³/mol. The summed E-state index contributed by atoms with van der Waals surface area (Å²) in [5.41, 5.74) is -1.47. The zero-order valence-electron chi connectivity index (χ0n) is 10.5. The van der Waals surface area contributed by atoms with Crippen molar-refractivity contribution in [3.8, 4) is 0 Å². The van der Waals surface area contributed by atoms with Crippen LogP contribution in [-0.4, -0.2) is 34.9 Å². The van der Waals surface area contributed by atoms with Gasteiger partial charge in [0.05, 0.1) is 12.2 Å². The number of rotatable bonds is 5. The fourth-order valence-electron chi connectivity index (χ4n) is 1.04. The van der Waals surface area contributed by atoms with Crippen molar-refractivity contribution in [1.82, 2.24) is 5.32 Å². The van der Waals surface area contributed by atoms with Gasteiger partial charge in [-0.15, -0.1) is 0 Å². The van der Waals surface area contributed by atoms with Crippen LogP contribution >= 0.6 is 0 Å². The molecule has 0 saturated heterocycles. The molecule has 4 nitrogen and oxygen atoms in total. The maximum absolute atomic E-state index is 11.4. The van der Waals surface area contributed by atoms with E-state index >= 15 is 0 Å². The lowest BCUT2D eigenvalue weighted by atomic mass is 9.85. The predicted octanol–water partition coefficient (Wildman–Crippen LogP) is 1.08. The fraction of sp³-hybridized carbons (Fsp3) is 0.909. The Morgan fingerprint density at radius 2 is 1.87 bits per heavy atom. The van der Waals surface area contributed by atoms with E-state index in [0.717, 1.165) is 0 Å². The quantitative estimate of drug-likeness (QED) is 0.676. The number of nitrogens with one attached hydrogen (secondary N) is 1. The molecule has 1 atom stereocenters. The Morgan fingerprint density at radius 1 is 1.40 bits per heavy atom. The molecule has 0 aliphatic rings. The smallest absolute Gasteiger partial charge is 0.322 e. The molecule has 1 unspecified atom stereocenters. The molecule has 2 N–H and O–H groups in total. The van der Waals surface area contributed by atoms with Crippen LogP contribution in [0.2, 0.25) is 0 Å². The molecule has 0 aliphatic carbocycles. The average molecular weight is 217 g/mol. The summed E-state index contributed by atoms with van der Waals surface area (Å²) in [5.74, 6) is -0.296.